The van der Waals surface area contributed by atoms with Crippen LogP contribution in [0.2, 0.25) is 0 Å². The summed E-state index contributed by atoms with van der Waals surface area (Å²) in [4.78, 5) is 2.38. The van der Waals surface area contributed by atoms with E-state index in [1.54, 1.807) is 6.26 Å². The lowest BCUT2D eigenvalue weighted by Gasteiger charge is -2.42. The Labute approximate surface area is 66.5 Å². The number of nitriles is 1. The standard InChI is InChI=1S/C8H12N2O/c9-6-11-8-5-10-3-1-7(8)2-4-10/h7-8H,1-5H2/t8-/m1/s1. The molecule has 0 amide bonds. The van der Waals surface area contributed by atoms with Crippen molar-refractivity contribution in [1.29, 1.82) is 5.26 Å². The Hall–Kier alpha value is -0.750. The lowest BCUT2D eigenvalue weighted by Crippen LogP contribution is -2.50. The second-order valence-electron chi connectivity index (χ2n) is 3.39. The Morgan fingerprint density at radius 2 is 2.09 bits per heavy atom. The quantitative estimate of drug-likeness (QED) is 0.516. The van der Waals surface area contributed by atoms with Gasteiger partial charge < -0.3 is 4.74 Å². The van der Waals surface area contributed by atoms with Gasteiger partial charge in [-0.1, -0.05) is 0 Å². The fourth-order valence-corrected chi connectivity index (χ4v) is 2.11. The summed E-state index contributed by atoms with van der Waals surface area (Å²) in [6, 6.07) is 0. The minimum atomic E-state index is 0.197. The van der Waals surface area contributed by atoms with E-state index >= 15 is 0 Å². The van der Waals surface area contributed by atoms with Crippen molar-refractivity contribution in [1.82, 2.24) is 4.90 Å². The smallest absolute Gasteiger partial charge is 0.286 e. The lowest BCUT2D eigenvalue weighted by molar-refractivity contribution is -0.0244. The molecule has 0 aromatic rings. The molecule has 3 nitrogen and oxygen atoms in total. The average molecular weight is 152 g/mol. The van der Waals surface area contributed by atoms with Crippen LogP contribution in [0.15, 0.2) is 0 Å². The summed E-state index contributed by atoms with van der Waals surface area (Å²) in [6.07, 6.45) is 4.42. The maximum absolute atomic E-state index is 8.36. The molecule has 3 saturated heterocycles. The fraction of sp³-hybridized carbons (Fsp3) is 0.875. The predicted molar refractivity (Wildman–Crippen MR) is 39.7 cm³/mol. The van der Waals surface area contributed by atoms with Gasteiger partial charge in [-0.25, -0.2) is 0 Å². The first kappa shape index (κ1) is 6.93. The second-order valence-corrected chi connectivity index (χ2v) is 3.39. The molecule has 3 aliphatic heterocycles. The zero-order valence-corrected chi connectivity index (χ0v) is 6.49. The summed E-state index contributed by atoms with van der Waals surface area (Å²) in [5.74, 6) is 0.652. The van der Waals surface area contributed by atoms with E-state index in [9.17, 15) is 0 Å². The van der Waals surface area contributed by atoms with Gasteiger partial charge in [-0.3, -0.25) is 4.90 Å². The monoisotopic (exact) mass is 152 g/mol. The maximum Gasteiger partial charge on any atom is 0.286 e. The lowest BCUT2D eigenvalue weighted by atomic mass is 9.86. The topological polar surface area (TPSA) is 36.3 Å². The first-order chi connectivity index (χ1) is 5.40. The van der Waals surface area contributed by atoms with Gasteiger partial charge in [-0.2, -0.15) is 5.26 Å². The van der Waals surface area contributed by atoms with E-state index in [0.717, 1.165) is 6.54 Å². The SMILES string of the molecule is N#CO[C@@H]1CN2CCC1CC2. The molecule has 3 heterocycles. The number of ether oxygens (including phenoxy) is 1. The molecule has 1 atom stereocenters. The zero-order valence-electron chi connectivity index (χ0n) is 6.49. The van der Waals surface area contributed by atoms with Gasteiger partial charge in [-0.05, 0) is 25.9 Å². The summed E-state index contributed by atoms with van der Waals surface area (Å²) >= 11 is 0. The van der Waals surface area contributed by atoms with E-state index in [1.165, 1.54) is 25.9 Å². The molecule has 0 aliphatic carbocycles. The van der Waals surface area contributed by atoms with E-state index < -0.39 is 0 Å². The van der Waals surface area contributed by atoms with Gasteiger partial charge >= 0.3 is 0 Å². The highest BCUT2D eigenvalue weighted by Gasteiger charge is 2.35. The number of nitrogens with zero attached hydrogens (tertiary/aromatic N) is 2. The van der Waals surface area contributed by atoms with E-state index in [1.807, 2.05) is 0 Å². The summed E-state index contributed by atoms with van der Waals surface area (Å²) in [6.45, 7) is 3.38. The largest absolute Gasteiger partial charge is 0.423 e. The van der Waals surface area contributed by atoms with Crippen LogP contribution in [0.25, 0.3) is 0 Å². The van der Waals surface area contributed by atoms with Crippen LogP contribution in [0.3, 0.4) is 0 Å². The third-order valence-electron chi connectivity index (χ3n) is 2.80. The molecule has 0 unspecified atom stereocenters. The van der Waals surface area contributed by atoms with Gasteiger partial charge in [-0.15, -0.1) is 0 Å². The van der Waals surface area contributed by atoms with Crippen molar-refractivity contribution >= 4 is 0 Å². The molecular formula is C8H12N2O. The molecule has 0 aromatic heterocycles. The van der Waals surface area contributed by atoms with Gasteiger partial charge in [0.2, 0.25) is 0 Å². The second kappa shape index (κ2) is 2.71. The predicted octanol–water partition coefficient (Wildman–Crippen LogP) is 0.578. The molecule has 3 fully saturated rings. The molecule has 3 heteroatoms. The molecule has 11 heavy (non-hydrogen) atoms. The van der Waals surface area contributed by atoms with E-state index in [0.29, 0.717) is 5.92 Å². The van der Waals surface area contributed by atoms with Gasteiger partial charge in [0, 0.05) is 12.5 Å². The molecule has 0 radical (unpaired) electrons. The Morgan fingerprint density at radius 3 is 2.55 bits per heavy atom. The molecule has 0 aromatic carbocycles. The highest BCUT2D eigenvalue weighted by molar-refractivity contribution is 4.88. The zero-order chi connectivity index (χ0) is 7.68. The molecule has 2 bridgehead atoms. The third kappa shape index (κ3) is 1.19. The Kier molecular flexibility index (Phi) is 1.71. The number of rotatable bonds is 1. The minimum Gasteiger partial charge on any atom is -0.423 e. The number of hydrogen-bond donors (Lipinski definition) is 0. The van der Waals surface area contributed by atoms with E-state index in [2.05, 4.69) is 4.90 Å². The Balaban J connectivity index is 1.98. The summed E-state index contributed by atoms with van der Waals surface area (Å²) in [5, 5.41) is 8.36. The number of fused-ring (bicyclic) bond motifs is 3. The highest BCUT2D eigenvalue weighted by Crippen LogP contribution is 2.29. The maximum atomic E-state index is 8.36. The van der Waals surface area contributed by atoms with Crippen molar-refractivity contribution in [2.24, 2.45) is 5.92 Å². The van der Waals surface area contributed by atoms with Crippen LogP contribution in [0.5, 0.6) is 0 Å². The van der Waals surface area contributed by atoms with Gasteiger partial charge in [0.05, 0.1) is 0 Å². The molecule has 3 rings (SSSR count). The van der Waals surface area contributed by atoms with Crippen LogP contribution >= 0.6 is 0 Å². The summed E-state index contributed by atoms with van der Waals surface area (Å²) < 4.78 is 4.98. The molecule has 60 valence electrons. The molecular weight excluding hydrogens is 140 g/mol. The van der Waals surface area contributed by atoms with Gasteiger partial charge in [0.25, 0.3) is 6.26 Å². The van der Waals surface area contributed by atoms with Crippen molar-refractivity contribution < 1.29 is 4.74 Å². The normalized spacial score (nSPS) is 41.5. The van der Waals surface area contributed by atoms with Crippen LogP contribution in [0.1, 0.15) is 12.8 Å². The van der Waals surface area contributed by atoms with Gasteiger partial charge in [0.1, 0.15) is 6.10 Å². The van der Waals surface area contributed by atoms with E-state index in [-0.39, 0.29) is 6.10 Å². The summed E-state index contributed by atoms with van der Waals surface area (Å²) in [5.41, 5.74) is 0. The van der Waals surface area contributed by atoms with Crippen molar-refractivity contribution in [2.75, 3.05) is 19.6 Å². The minimum absolute atomic E-state index is 0.197. The van der Waals surface area contributed by atoms with Crippen LogP contribution in [0.4, 0.5) is 0 Å². The number of piperidine rings is 3. The first-order valence-corrected chi connectivity index (χ1v) is 4.17. The summed E-state index contributed by atoms with van der Waals surface area (Å²) in [7, 11) is 0. The van der Waals surface area contributed by atoms with Crippen LogP contribution in [0, 0.1) is 17.4 Å². The number of hydrogen-bond acceptors (Lipinski definition) is 3. The molecule has 0 N–H and O–H groups in total. The Bertz CT molecular complexity index is 179. The fourth-order valence-electron chi connectivity index (χ4n) is 2.11. The molecule has 0 spiro atoms. The highest BCUT2D eigenvalue weighted by atomic mass is 16.5. The van der Waals surface area contributed by atoms with Crippen molar-refractivity contribution in [3.63, 3.8) is 0 Å². The van der Waals surface area contributed by atoms with Crippen LogP contribution < -0.4 is 0 Å². The van der Waals surface area contributed by atoms with Gasteiger partial charge in [0.15, 0.2) is 0 Å². The van der Waals surface area contributed by atoms with Crippen LogP contribution in [-0.4, -0.2) is 30.6 Å². The van der Waals surface area contributed by atoms with Crippen LogP contribution in [-0.2, 0) is 4.74 Å². The molecule has 3 aliphatic rings. The molecule has 0 saturated carbocycles. The third-order valence-corrected chi connectivity index (χ3v) is 2.80. The van der Waals surface area contributed by atoms with Crippen molar-refractivity contribution in [3.8, 4) is 6.26 Å². The first-order valence-electron chi connectivity index (χ1n) is 4.17. The van der Waals surface area contributed by atoms with Crippen molar-refractivity contribution in [2.45, 2.75) is 18.9 Å². The average Bonchev–Trinajstić information content (AvgIpc) is 2.07. The van der Waals surface area contributed by atoms with Crippen molar-refractivity contribution in [3.05, 3.63) is 0 Å². The van der Waals surface area contributed by atoms with E-state index in [4.69, 9.17) is 10.00 Å². The Morgan fingerprint density at radius 1 is 1.36 bits per heavy atom.